The maximum atomic E-state index is 14.7. The maximum Gasteiger partial charge on any atom is 0.225 e. The van der Waals surface area contributed by atoms with Crippen molar-refractivity contribution < 1.29 is 18.3 Å². The molecule has 3 aromatic rings. The van der Waals surface area contributed by atoms with Crippen LogP contribution < -0.4 is 4.90 Å². The number of hydrogen-bond donors (Lipinski definition) is 1. The van der Waals surface area contributed by atoms with E-state index in [2.05, 4.69) is 9.97 Å². The summed E-state index contributed by atoms with van der Waals surface area (Å²) < 4.78 is 41.8. The summed E-state index contributed by atoms with van der Waals surface area (Å²) in [5, 5.41) is 10.7. The lowest BCUT2D eigenvalue weighted by Gasteiger charge is -2.34. The molecule has 0 unspecified atom stereocenters. The molecule has 1 aliphatic heterocycles. The van der Waals surface area contributed by atoms with Crippen LogP contribution in [-0.4, -0.2) is 28.2 Å². The van der Waals surface area contributed by atoms with Crippen LogP contribution in [0.5, 0.6) is 0 Å². The van der Waals surface area contributed by atoms with Gasteiger partial charge in [-0.1, -0.05) is 12.1 Å². The highest BCUT2D eigenvalue weighted by Crippen LogP contribution is 2.34. The summed E-state index contributed by atoms with van der Waals surface area (Å²) in [6, 6.07) is 9.13. The molecular formula is C22H20F3N3O. The van der Waals surface area contributed by atoms with Gasteiger partial charge in [0.15, 0.2) is 0 Å². The number of nitrogens with zero attached hydrogens (tertiary/aromatic N) is 3. The monoisotopic (exact) mass is 399 g/mol. The van der Waals surface area contributed by atoms with Crippen molar-refractivity contribution in [1.29, 1.82) is 0 Å². The van der Waals surface area contributed by atoms with Gasteiger partial charge in [-0.05, 0) is 48.6 Å². The van der Waals surface area contributed by atoms with Gasteiger partial charge in [0, 0.05) is 42.7 Å². The number of hydrogen-bond acceptors (Lipinski definition) is 4. The fraction of sp³-hybridized carbons (Fsp3) is 0.273. The number of piperidine rings is 1. The van der Waals surface area contributed by atoms with Crippen molar-refractivity contribution in [3.05, 3.63) is 77.9 Å². The molecule has 0 radical (unpaired) electrons. The lowest BCUT2D eigenvalue weighted by molar-refractivity contribution is 0.0894. The van der Waals surface area contributed by atoms with Gasteiger partial charge in [-0.3, -0.25) is 0 Å². The second-order valence-electron chi connectivity index (χ2n) is 7.18. The third kappa shape index (κ3) is 4.10. The zero-order valence-corrected chi connectivity index (χ0v) is 15.6. The summed E-state index contributed by atoms with van der Waals surface area (Å²) in [4.78, 5) is 10.5. The normalized spacial score (nSPS) is 16.1. The number of aromatic nitrogens is 2. The summed E-state index contributed by atoms with van der Waals surface area (Å²) in [5.41, 5.74) is 0.597. The molecule has 1 saturated heterocycles. The number of halogens is 3. The van der Waals surface area contributed by atoms with Gasteiger partial charge in [0.1, 0.15) is 17.5 Å². The second-order valence-corrected chi connectivity index (χ2v) is 7.18. The first-order valence-electron chi connectivity index (χ1n) is 9.48. The van der Waals surface area contributed by atoms with Gasteiger partial charge in [-0.15, -0.1) is 0 Å². The van der Waals surface area contributed by atoms with Gasteiger partial charge in [0.05, 0.1) is 6.10 Å². The largest absolute Gasteiger partial charge is 0.388 e. The van der Waals surface area contributed by atoms with Gasteiger partial charge in [-0.2, -0.15) is 0 Å². The number of benzene rings is 2. The van der Waals surface area contributed by atoms with Crippen LogP contribution >= 0.6 is 0 Å². The number of rotatable bonds is 4. The predicted octanol–water partition coefficient (Wildman–Crippen LogP) is 4.51. The standard InChI is InChI=1S/C22H20F3N3O/c23-16-3-5-17(20(25)13-16)15-2-4-18(19(24)12-15)21(29)14-6-10-28(11-7-14)22-26-8-1-9-27-22/h1-5,8-9,12-14,21,29H,6-7,10-11H2/t21-/m1/s1. The zero-order chi connectivity index (χ0) is 20.4. The number of aliphatic hydroxyl groups excluding tert-OH is 1. The first-order chi connectivity index (χ1) is 14.0. The summed E-state index contributed by atoms with van der Waals surface area (Å²) >= 11 is 0. The Hall–Kier alpha value is -2.93. The Morgan fingerprint density at radius 2 is 1.66 bits per heavy atom. The minimum Gasteiger partial charge on any atom is -0.388 e. The lowest BCUT2D eigenvalue weighted by atomic mass is 9.86. The highest BCUT2D eigenvalue weighted by atomic mass is 19.1. The van der Waals surface area contributed by atoms with E-state index in [1.165, 1.54) is 18.2 Å². The molecule has 4 nitrogen and oxygen atoms in total. The van der Waals surface area contributed by atoms with Crippen molar-refractivity contribution >= 4 is 5.95 Å². The van der Waals surface area contributed by atoms with Crippen LogP contribution in [0.2, 0.25) is 0 Å². The Morgan fingerprint density at radius 1 is 0.931 bits per heavy atom. The van der Waals surface area contributed by atoms with Crippen molar-refractivity contribution in [3.63, 3.8) is 0 Å². The second kappa shape index (κ2) is 8.21. The molecule has 1 fully saturated rings. The van der Waals surface area contributed by atoms with E-state index in [0.717, 1.165) is 12.1 Å². The van der Waals surface area contributed by atoms with Crippen molar-refractivity contribution in [3.8, 4) is 11.1 Å². The first-order valence-corrected chi connectivity index (χ1v) is 9.48. The van der Waals surface area contributed by atoms with Gasteiger partial charge >= 0.3 is 0 Å². The zero-order valence-electron chi connectivity index (χ0n) is 15.6. The van der Waals surface area contributed by atoms with E-state index in [-0.39, 0.29) is 17.0 Å². The van der Waals surface area contributed by atoms with Crippen LogP contribution in [0.1, 0.15) is 24.5 Å². The molecule has 0 aliphatic carbocycles. The van der Waals surface area contributed by atoms with Crippen molar-refractivity contribution in [2.45, 2.75) is 18.9 Å². The minimum atomic E-state index is -0.957. The highest BCUT2D eigenvalue weighted by Gasteiger charge is 2.29. The summed E-state index contributed by atoms with van der Waals surface area (Å²) in [6.07, 6.45) is 3.76. The fourth-order valence-electron chi connectivity index (χ4n) is 3.78. The van der Waals surface area contributed by atoms with Crippen LogP contribution in [0, 0.1) is 23.4 Å². The average molecular weight is 399 g/mol. The van der Waals surface area contributed by atoms with Crippen LogP contribution in [0.4, 0.5) is 19.1 Å². The number of anilines is 1. The minimum absolute atomic E-state index is 0.0992. The fourth-order valence-corrected chi connectivity index (χ4v) is 3.78. The number of aliphatic hydroxyl groups is 1. The molecule has 29 heavy (non-hydrogen) atoms. The molecule has 2 aromatic carbocycles. The third-order valence-electron chi connectivity index (χ3n) is 5.38. The predicted molar refractivity (Wildman–Crippen MR) is 104 cm³/mol. The molecule has 150 valence electrons. The highest BCUT2D eigenvalue weighted by molar-refractivity contribution is 5.64. The van der Waals surface area contributed by atoms with Crippen molar-refractivity contribution in [1.82, 2.24) is 9.97 Å². The molecule has 0 saturated carbocycles. The Bertz CT molecular complexity index is 992. The SMILES string of the molecule is O[C@@H](c1ccc(-c2ccc(F)cc2F)cc1F)C1CCN(c2ncccn2)CC1. The van der Waals surface area contributed by atoms with Crippen molar-refractivity contribution in [2.75, 3.05) is 18.0 Å². The van der Waals surface area contributed by atoms with Crippen LogP contribution in [0.3, 0.4) is 0 Å². The van der Waals surface area contributed by atoms with Gasteiger partial charge in [0.25, 0.3) is 0 Å². The molecular weight excluding hydrogens is 379 g/mol. The molecule has 0 bridgehead atoms. The van der Waals surface area contributed by atoms with Crippen LogP contribution in [-0.2, 0) is 0 Å². The molecule has 1 atom stereocenters. The van der Waals surface area contributed by atoms with Gasteiger partial charge in [0.2, 0.25) is 5.95 Å². The molecule has 2 heterocycles. The summed E-state index contributed by atoms with van der Waals surface area (Å²) in [5.74, 6) is -1.50. The summed E-state index contributed by atoms with van der Waals surface area (Å²) in [6.45, 7) is 1.35. The average Bonchev–Trinajstić information content (AvgIpc) is 2.74. The van der Waals surface area contributed by atoms with E-state index in [0.29, 0.717) is 37.4 Å². The van der Waals surface area contributed by atoms with Gasteiger partial charge < -0.3 is 10.0 Å². The van der Waals surface area contributed by atoms with Crippen LogP contribution in [0.25, 0.3) is 11.1 Å². The van der Waals surface area contributed by atoms with E-state index < -0.39 is 23.6 Å². The van der Waals surface area contributed by atoms with E-state index in [1.807, 2.05) is 4.90 Å². The molecule has 1 aromatic heterocycles. The third-order valence-corrected chi connectivity index (χ3v) is 5.38. The Morgan fingerprint density at radius 3 is 2.31 bits per heavy atom. The van der Waals surface area contributed by atoms with E-state index >= 15 is 0 Å². The molecule has 1 N–H and O–H groups in total. The Labute approximate surface area is 166 Å². The van der Waals surface area contributed by atoms with Gasteiger partial charge in [-0.25, -0.2) is 23.1 Å². The van der Waals surface area contributed by atoms with E-state index in [4.69, 9.17) is 0 Å². The molecule has 7 heteroatoms. The first kappa shape index (κ1) is 19.4. The quantitative estimate of drug-likeness (QED) is 0.701. The topological polar surface area (TPSA) is 49.2 Å². The molecule has 0 spiro atoms. The summed E-state index contributed by atoms with van der Waals surface area (Å²) in [7, 11) is 0. The van der Waals surface area contributed by atoms with Crippen molar-refractivity contribution in [2.24, 2.45) is 5.92 Å². The van der Waals surface area contributed by atoms with E-state index in [1.54, 1.807) is 24.5 Å². The van der Waals surface area contributed by atoms with E-state index in [9.17, 15) is 18.3 Å². The lowest BCUT2D eigenvalue weighted by Crippen LogP contribution is -2.36. The Kier molecular flexibility index (Phi) is 5.49. The maximum absolute atomic E-state index is 14.7. The smallest absolute Gasteiger partial charge is 0.225 e. The molecule has 1 aliphatic rings. The van der Waals surface area contributed by atoms with Crippen LogP contribution in [0.15, 0.2) is 54.9 Å². The Balaban J connectivity index is 1.47. The molecule has 4 rings (SSSR count). The molecule has 0 amide bonds.